The molecule has 1 saturated carbocycles. The van der Waals surface area contributed by atoms with Crippen molar-refractivity contribution in [1.82, 2.24) is 19.7 Å². The van der Waals surface area contributed by atoms with Crippen molar-refractivity contribution in [1.29, 1.82) is 0 Å². The first-order valence-corrected chi connectivity index (χ1v) is 15.0. The smallest absolute Gasteiger partial charge is 0.356 e. The lowest BCUT2D eigenvalue weighted by Crippen LogP contribution is -2.33. The molecule has 4 heterocycles. The van der Waals surface area contributed by atoms with E-state index in [9.17, 15) is 4.57 Å². The first-order chi connectivity index (χ1) is 17.7. The van der Waals surface area contributed by atoms with Gasteiger partial charge in [0.05, 0.1) is 31.4 Å². The monoisotopic (exact) mass is 559 g/mol. The van der Waals surface area contributed by atoms with E-state index >= 15 is 0 Å². The van der Waals surface area contributed by atoms with Crippen molar-refractivity contribution in [2.45, 2.75) is 89.7 Å². The van der Waals surface area contributed by atoms with E-state index in [1.807, 2.05) is 13.8 Å². The first kappa shape index (κ1) is 27.2. The number of hydrogen-bond donors (Lipinski definition) is 1. The third-order valence-electron chi connectivity index (χ3n) is 6.67. The van der Waals surface area contributed by atoms with Crippen molar-refractivity contribution in [2.24, 2.45) is 0 Å². The minimum Gasteiger partial charge on any atom is -0.367 e. The highest BCUT2D eigenvalue weighted by Gasteiger charge is 2.56. The van der Waals surface area contributed by atoms with Crippen LogP contribution in [0.25, 0.3) is 11.0 Å². The summed E-state index contributed by atoms with van der Waals surface area (Å²) in [6, 6.07) is 0.350. The van der Waals surface area contributed by atoms with Gasteiger partial charge in [-0.3, -0.25) is 4.57 Å². The summed E-state index contributed by atoms with van der Waals surface area (Å²) in [5.74, 6) is -0.166. The van der Waals surface area contributed by atoms with Gasteiger partial charge in [0, 0.05) is 6.04 Å². The SMILES string of the molecule is CCOP(=O)(COC[C@H]1O[C@@H](n2ncc3c(NC4CCCC4)nc(Cl)nc32)[C@@H]2OC(C)(C)O[C@@H]21)OCC. The first-order valence-electron chi connectivity index (χ1n) is 12.9. The summed E-state index contributed by atoms with van der Waals surface area (Å²) in [5, 5.41) is 8.97. The zero-order valence-electron chi connectivity index (χ0n) is 21.6. The van der Waals surface area contributed by atoms with Crippen molar-refractivity contribution in [3.05, 3.63) is 11.5 Å². The van der Waals surface area contributed by atoms with Crippen LogP contribution in [0.15, 0.2) is 6.20 Å². The number of halogens is 1. The molecule has 0 spiro atoms. The van der Waals surface area contributed by atoms with E-state index in [0.29, 0.717) is 17.5 Å². The van der Waals surface area contributed by atoms with Gasteiger partial charge in [0.15, 0.2) is 17.7 Å². The van der Waals surface area contributed by atoms with Crippen LogP contribution in [0, 0.1) is 0 Å². The third kappa shape index (κ3) is 5.81. The zero-order chi connectivity index (χ0) is 26.2. The van der Waals surface area contributed by atoms with E-state index in [4.69, 9.17) is 39.6 Å². The van der Waals surface area contributed by atoms with Gasteiger partial charge >= 0.3 is 7.60 Å². The molecule has 0 amide bonds. The Balaban J connectivity index is 1.37. The van der Waals surface area contributed by atoms with Gasteiger partial charge in [-0.1, -0.05) is 12.8 Å². The summed E-state index contributed by atoms with van der Waals surface area (Å²) in [6.07, 6.45) is 4.02. The maximum absolute atomic E-state index is 12.8. The summed E-state index contributed by atoms with van der Waals surface area (Å²) in [5.41, 5.74) is 0.538. The van der Waals surface area contributed by atoms with Crippen molar-refractivity contribution in [3.63, 3.8) is 0 Å². The van der Waals surface area contributed by atoms with Crippen LogP contribution < -0.4 is 5.32 Å². The zero-order valence-corrected chi connectivity index (χ0v) is 23.2. The summed E-state index contributed by atoms with van der Waals surface area (Å²) < 4.78 is 49.6. The molecule has 206 valence electrons. The van der Waals surface area contributed by atoms with Gasteiger partial charge in [-0.2, -0.15) is 15.1 Å². The Bertz CT molecular complexity index is 1130. The van der Waals surface area contributed by atoms with Crippen LogP contribution in [0.5, 0.6) is 0 Å². The fraction of sp³-hybridized carbons (Fsp3) is 0.783. The molecule has 2 aromatic rings. The molecule has 14 heteroatoms. The van der Waals surface area contributed by atoms with Crippen LogP contribution in [-0.2, 0) is 32.6 Å². The highest BCUT2D eigenvalue weighted by molar-refractivity contribution is 7.53. The van der Waals surface area contributed by atoms with Gasteiger partial charge in [-0.25, -0.2) is 4.68 Å². The van der Waals surface area contributed by atoms with Gasteiger partial charge in [0.2, 0.25) is 5.28 Å². The van der Waals surface area contributed by atoms with Gasteiger partial charge < -0.3 is 33.3 Å². The molecule has 2 aliphatic heterocycles. The molecule has 12 nitrogen and oxygen atoms in total. The van der Waals surface area contributed by atoms with Crippen LogP contribution in [-0.4, -0.2) is 76.1 Å². The Hall–Kier alpha value is -1.37. The predicted octanol–water partition coefficient (Wildman–Crippen LogP) is 4.49. The van der Waals surface area contributed by atoms with Gasteiger partial charge in [-0.15, -0.1) is 0 Å². The maximum Gasteiger partial charge on any atom is 0.356 e. The summed E-state index contributed by atoms with van der Waals surface area (Å²) >= 11 is 6.32. The van der Waals surface area contributed by atoms with Crippen LogP contribution in [0.2, 0.25) is 5.28 Å². The number of fused-ring (bicyclic) bond motifs is 2. The number of ether oxygens (including phenoxy) is 4. The number of aromatic nitrogens is 4. The lowest BCUT2D eigenvalue weighted by atomic mass is 10.1. The highest BCUT2D eigenvalue weighted by Crippen LogP contribution is 2.49. The Morgan fingerprint density at radius 3 is 2.57 bits per heavy atom. The minimum atomic E-state index is -3.36. The van der Waals surface area contributed by atoms with Gasteiger partial charge in [0.1, 0.15) is 30.5 Å². The topological polar surface area (TPSA) is 128 Å². The van der Waals surface area contributed by atoms with E-state index in [1.165, 1.54) is 12.8 Å². The maximum atomic E-state index is 12.8. The van der Waals surface area contributed by atoms with E-state index in [-0.39, 0.29) is 31.5 Å². The van der Waals surface area contributed by atoms with Crippen LogP contribution in [0.3, 0.4) is 0 Å². The van der Waals surface area contributed by atoms with Crippen LogP contribution in [0.4, 0.5) is 5.82 Å². The van der Waals surface area contributed by atoms with E-state index < -0.39 is 37.9 Å². The van der Waals surface area contributed by atoms with Crippen LogP contribution in [0.1, 0.15) is 59.6 Å². The van der Waals surface area contributed by atoms with Crippen molar-refractivity contribution in [3.8, 4) is 0 Å². The van der Waals surface area contributed by atoms with Crippen LogP contribution >= 0.6 is 19.2 Å². The molecule has 0 bridgehead atoms. The number of hydrogen-bond acceptors (Lipinski definition) is 11. The normalized spacial score (nSPS) is 27.8. The van der Waals surface area contributed by atoms with Gasteiger partial charge in [-0.05, 0) is 52.1 Å². The molecule has 2 aromatic heterocycles. The predicted molar refractivity (Wildman–Crippen MR) is 136 cm³/mol. The second-order valence-corrected chi connectivity index (χ2v) is 12.2. The van der Waals surface area contributed by atoms with E-state index in [1.54, 1.807) is 24.7 Å². The average Bonchev–Trinajstić information content (AvgIpc) is 3.59. The Labute approximate surface area is 221 Å². The van der Waals surface area contributed by atoms with Crippen molar-refractivity contribution in [2.75, 3.05) is 31.5 Å². The quantitative estimate of drug-likeness (QED) is 0.309. The summed E-state index contributed by atoms with van der Waals surface area (Å²) in [7, 11) is -3.36. The molecule has 0 unspecified atom stereocenters. The molecular weight excluding hydrogens is 525 g/mol. The van der Waals surface area contributed by atoms with Crippen molar-refractivity contribution < 1.29 is 32.6 Å². The molecule has 2 saturated heterocycles. The molecule has 4 atom stereocenters. The molecule has 3 aliphatic rings. The number of rotatable bonds is 11. The van der Waals surface area contributed by atoms with E-state index in [2.05, 4.69) is 20.4 Å². The Kier molecular flexibility index (Phi) is 8.10. The summed E-state index contributed by atoms with van der Waals surface area (Å²) in [6.45, 7) is 7.83. The highest BCUT2D eigenvalue weighted by atomic mass is 35.5. The number of anilines is 1. The fourth-order valence-corrected chi connectivity index (χ4v) is 6.74. The fourth-order valence-electron chi connectivity index (χ4n) is 5.23. The lowest BCUT2D eigenvalue weighted by Gasteiger charge is -2.25. The average molecular weight is 560 g/mol. The van der Waals surface area contributed by atoms with E-state index in [0.717, 1.165) is 18.2 Å². The van der Waals surface area contributed by atoms with Crippen molar-refractivity contribution >= 4 is 36.0 Å². The third-order valence-corrected chi connectivity index (χ3v) is 8.64. The lowest BCUT2D eigenvalue weighted by molar-refractivity contribution is -0.202. The number of nitrogens with one attached hydrogen (secondary N) is 1. The molecule has 37 heavy (non-hydrogen) atoms. The molecule has 0 radical (unpaired) electrons. The molecule has 0 aromatic carbocycles. The second-order valence-electron chi connectivity index (χ2n) is 9.87. The largest absolute Gasteiger partial charge is 0.367 e. The molecule has 5 rings (SSSR count). The molecule has 3 fully saturated rings. The second kappa shape index (κ2) is 11.0. The number of nitrogens with zero attached hydrogens (tertiary/aromatic N) is 4. The standard InChI is InChI=1S/C23H35ClN5O7P/c1-5-32-37(30,33-6-2)13-31-12-16-17-18(36-23(3,4)35-17)21(34-16)29-20-15(11-25-29)19(27-22(24)28-20)26-14-9-7-8-10-14/h11,14,16-18,21H,5-10,12-13H2,1-4H3,(H,26,27,28)/t16-,17-,18-,21-/m1/s1. The molecular formula is C23H35ClN5O7P. The molecule has 1 aliphatic carbocycles. The minimum absolute atomic E-state index is 0.102. The summed E-state index contributed by atoms with van der Waals surface area (Å²) in [4.78, 5) is 8.89. The Morgan fingerprint density at radius 2 is 1.86 bits per heavy atom. The molecule has 1 N–H and O–H groups in total. The van der Waals surface area contributed by atoms with Gasteiger partial charge in [0.25, 0.3) is 0 Å². The Morgan fingerprint density at radius 1 is 1.16 bits per heavy atom.